The fraction of sp³-hybridized carbons (Fsp3) is 0.462. The van der Waals surface area contributed by atoms with Gasteiger partial charge in [0.05, 0.1) is 17.6 Å². The number of hydrogen-bond donors (Lipinski definition) is 0. The standard InChI is InChI=1S/C13H18N2O2S/c1-15(18(2,16)17)13-9-5-8-12(10-13)14-11-6-3-4-7-11/h5,8-10H,3-4,6-7H2,1-2H3. The summed E-state index contributed by atoms with van der Waals surface area (Å²) in [6, 6.07) is 7.34. The van der Waals surface area contributed by atoms with Crippen molar-refractivity contribution in [3.8, 4) is 0 Å². The van der Waals surface area contributed by atoms with Crippen molar-refractivity contribution in [1.82, 2.24) is 0 Å². The van der Waals surface area contributed by atoms with Crippen molar-refractivity contribution in [1.29, 1.82) is 0 Å². The van der Waals surface area contributed by atoms with Crippen molar-refractivity contribution in [3.05, 3.63) is 24.3 Å². The Balaban J connectivity index is 2.27. The molecule has 0 unspecified atom stereocenters. The molecule has 0 atom stereocenters. The third-order valence-corrected chi connectivity index (χ3v) is 4.36. The van der Waals surface area contributed by atoms with Gasteiger partial charge in [-0.1, -0.05) is 6.07 Å². The van der Waals surface area contributed by atoms with E-state index in [-0.39, 0.29) is 0 Å². The molecular formula is C13H18N2O2S. The van der Waals surface area contributed by atoms with Crippen LogP contribution in [0.15, 0.2) is 29.3 Å². The van der Waals surface area contributed by atoms with E-state index in [0.29, 0.717) is 5.69 Å². The minimum absolute atomic E-state index is 0.650. The molecule has 1 aromatic rings. The van der Waals surface area contributed by atoms with Crippen LogP contribution in [0, 0.1) is 0 Å². The van der Waals surface area contributed by atoms with E-state index in [9.17, 15) is 8.42 Å². The number of aliphatic imine (C=N–C) groups is 1. The van der Waals surface area contributed by atoms with Gasteiger partial charge in [-0.2, -0.15) is 0 Å². The number of anilines is 1. The summed E-state index contributed by atoms with van der Waals surface area (Å²) >= 11 is 0. The first-order valence-corrected chi connectivity index (χ1v) is 7.92. The van der Waals surface area contributed by atoms with Gasteiger partial charge < -0.3 is 0 Å². The molecule has 0 aliphatic heterocycles. The minimum Gasteiger partial charge on any atom is -0.273 e. The van der Waals surface area contributed by atoms with Crippen LogP contribution < -0.4 is 4.31 Å². The van der Waals surface area contributed by atoms with Crippen molar-refractivity contribution in [3.63, 3.8) is 0 Å². The molecule has 0 N–H and O–H groups in total. The highest BCUT2D eigenvalue weighted by atomic mass is 32.2. The van der Waals surface area contributed by atoms with Crippen LogP contribution in [0.1, 0.15) is 25.7 Å². The molecule has 0 radical (unpaired) electrons. The second kappa shape index (κ2) is 5.10. The van der Waals surface area contributed by atoms with E-state index >= 15 is 0 Å². The Bertz CT molecular complexity index is 556. The molecule has 18 heavy (non-hydrogen) atoms. The van der Waals surface area contributed by atoms with Crippen molar-refractivity contribution in [2.75, 3.05) is 17.6 Å². The molecule has 0 saturated heterocycles. The lowest BCUT2D eigenvalue weighted by Gasteiger charge is -2.16. The van der Waals surface area contributed by atoms with Crippen LogP contribution >= 0.6 is 0 Å². The molecule has 0 amide bonds. The Morgan fingerprint density at radius 3 is 2.50 bits per heavy atom. The maximum Gasteiger partial charge on any atom is 0.231 e. The molecule has 0 aromatic heterocycles. The number of nitrogens with zero attached hydrogens (tertiary/aromatic N) is 2. The normalized spacial score (nSPS) is 15.8. The molecule has 1 saturated carbocycles. The van der Waals surface area contributed by atoms with Crippen LogP contribution in [0.2, 0.25) is 0 Å². The van der Waals surface area contributed by atoms with Gasteiger partial charge in [0, 0.05) is 12.8 Å². The molecular weight excluding hydrogens is 248 g/mol. The number of benzene rings is 1. The lowest BCUT2D eigenvalue weighted by Crippen LogP contribution is -2.24. The van der Waals surface area contributed by atoms with Crippen molar-refractivity contribution in [2.24, 2.45) is 4.99 Å². The summed E-state index contributed by atoms with van der Waals surface area (Å²) in [6.45, 7) is 0. The van der Waals surface area contributed by atoms with E-state index in [1.807, 2.05) is 18.2 Å². The van der Waals surface area contributed by atoms with Crippen LogP contribution in [0.25, 0.3) is 0 Å². The first kappa shape index (κ1) is 13.1. The molecule has 1 aromatic carbocycles. The van der Waals surface area contributed by atoms with Crippen LogP contribution in [-0.4, -0.2) is 27.4 Å². The smallest absolute Gasteiger partial charge is 0.231 e. The molecule has 98 valence electrons. The maximum atomic E-state index is 11.5. The first-order valence-electron chi connectivity index (χ1n) is 6.07. The Hall–Kier alpha value is -1.36. The van der Waals surface area contributed by atoms with E-state index < -0.39 is 10.0 Å². The van der Waals surface area contributed by atoms with Gasteiger partial charge in [0.2, 0.25) is 10.0 Å². The predicted octanol–water partition coefficient (Wildman–Crippen LogP) is 2.73. The van der Waals surface area contributed by atoms with Gasteiger partial charge >= 0.3 is 0 Å². The second-order valence-electron chi connectivity index (χ2n) is 4.64. The van der Waals surface area contributed by atoms with Gasteiger partial charge in [0.1, 0.15) is 0 Å². The zero-order valence-electron chi connectivity index (χ0n) is 10.8. The fourth-order valence-electron chi connectivity index (χ4n) is 2.03. The second-order valence-corrected chi connectivity index (χ2v) is 6.65. The zero-order chi connectivity index (χ0) is 13.2. The lowest BCUT2D eigenvalue weighted by molar-refractivity contribution is 0.600. The summed E-state index contributed by atoms with van der Waals surface area (Å²) in [5.41, 5.74) is 2.70. The van der Waals surface area contributed by atoms with E-state index in [4.69, 9.17) is 0 Å². The Morgan fingerprint density at radius 2 is 1.89 bits per heavy atom. The lowest BCUT2D eigenvalue weighted by atomic mass is 10.2. The molecule has 0 heterocycles. The van der Waals surface area contributed by atoms with Crippen LogP contribution in [0.5, 0.6) is 0 Å². The topological polar surface area (TPSA) is 49.7 Å². The largest absolute Gasteiger partial charge is 0.273 e. The van der Waals surface area contributed by atoms with Gasteiger partial charge in [-0.05, 0) is 43.9 Å². The number of hydrogen-bond acceptors (Lipinski definition) is 3. The van der Waals surface area contributed by atoms with E-state index in [0.717, 1.165) is 18.5 Å². The number of sulfonamides is 1. The van der Waals surface area contributed by atoms with Gasteiger partial charge in [0.25, 0.3) is 0 Å². The van der Waals surface area contributed by atoms with Crippen LogP contribution in [0.4, 0.5) is 11.4 Å². The minimum atomic E-state index is -3.22. The quantitative estimate of drug-likeness (QED) is 0.844. The summed E-state index contributed by atoms with van der Waals surface area (Å²) in [7, 11) is -1.66. The average molecular weight is 266 g/mol. The van der Waals surface area contributed by atoms with Gasteiger partial charge in [-0.15, -0.1) is 0 Å². The molecule has 4 nitrogen and oxygen atoms in total. The molecule has 0 bridgehead atoms. The van der Waals surface area contributed by atoms with Crippen molar-refractivity contribution < 1.29 is 8.42 Å². The predicted molar refractivity (Wildman–Crippen MR) is 75.3 cm³/mol. The Kier molecular flexibility index (Phi) is 3.71. The number of rotatable bonds is 3. The highest BCUT2D eigenvalue weighted by Gasteiger charge is 2.12. The molecule has 1 aliphatic rings. The van der Waals surface area contributed by atoms with Gasteiger partial charge in [-0.25, -0.2) is 8.42 Å². The molecule has 1 aliphatic carbocycles. The van der Waals surface area contributed by atoms with E-state index in [1.165, 1.54) is 29.1 Å². The highest BCUT2D eigenvalue weighted by molar-refractivity contribution is 7.92. The van der Waals surface area contributed by atoms with Crippen molar-refractivity contribution >= 4 is 27.1 Å². The van der Waals surface area contributed by atoms with E-state index in [2.05, 4.69) is 4.99 Å². The van der Waals surface area contributed by atoms with E-state index in [1.54, 1.807) is 13.1 Å². The molecule has 2 rings (SSSR count). The highest BCUT2D eigenvalue weighted by Crippen LogP contribution is 2.25. The third kappa shape index (κ3) is 3.10. The first-order chi connectivity index (χ1) is 8.47. The summed E-state index contributed by atoms with van der Waals surface area (Å²) in [5, 5.41) is 0. The molecule has 1 fully saturated rings. The zero-order valence-corrected chi connectivity index (χ0v) is 11.6. The molecule has 5 heteroatoms. The summed E-state index contributed by atoms with van der Waals surface area (Å²) in [4.78, 5) is 4.58. The summed E-state index contributed by atoms with van der Waals surface area (Å²) in [6.07, 6.45) is 5.74. The Labute approximate surface area is 108 Å². The molecule has 0 spiro atoms. The fourth-order valence-corrected chi connectivity index (χ4v) is 2.52. The van der Waals surface area contributed by atoms with Crippen molar-refractivity contribution in [2.45, 2.75) is 25.7 Å². The third-order valence-electron chi connectivity index (χ3n) is 3.16. The maximum absolute atomic E-state index is 11.5. The van der Waals surface area contributed by atoms with Crippen LogP contribution in [-0.2, 0) is 10.0 Å². The Morgan fingerprint density at radius 1 is 1.22 bits per heavy atom. The average Bonchev–Trinajstić information content (AvgIpc) is 2.80. The van der Waals surface area contributed by atoms with Crippen LogP contribution in [0.3, 0.4) is 0 Å². The summed E-state index contributed by atoms with van der Waals surface area (Å²) < 4.78 is 24.2. The van der Waals surface area contributed by atoms with Gasteiger partial charge in [-0.3, -0.25) is 9.30 Å². The monoisotopic (exact) mass is 266 g/mol. The van der Waals surface area contributed by atoms with Gasteiger partial charge in [0.15, 0.2) is 0 Å². The summed E-state index contributed by atoms with van der Waals surface area (Å²) in [5.74, 6) is 0. The SMILES string of the molecule is CN(c1cccc(N=C2CCCC2)c1)S(C)(=O)=O.